The van der Waals surface area contributed by atoms with Crippen LogP contribution in [-0.2, 0) is 15.4 Å². The molecule has 1 aromatic carbocycles. The Morgan fingerprint density at radius 2 is 1.95 bits per heavy atom. The Bertz CT molecular complexity index is 521. The lowest BCUT2D eigenvalue weighted by Crippen LogP contribution is -2.40. The van der Waals surface area contributed by atoms with Gasteiger partial charge in [0.25, 0.3) is 0 Å². The molecule has 0 aliphatic carbocycles. The summed E-state index contributed by atoms with van der Waals surface area (Å²) < 4.78 is 22.5. The number of aryl methyl sites for hydroxylation is 1. The van der Waals surface area contributed by atoms with Crippen molar-refractivity contribution in [3.8, 4) is 0 Å². The van der Waals surface area contributed by atoms with Crippen molar-refractivity contribution in [1.29, 1.82) is 0 Å². The Hall–Kier alpha value is -0.870. The number of hydrogen-bond donors (Lipinski definition) is 1. The van der Waals surface area contributed by atoms with E-state index in [-0.39, 0.29) is 17.2 Å². The Kier molecular flexibility index (Phi) is 5.16. The molecule has 4 heteroatoms. The predicted octanol–water partition coefficient (Wildman–Crippen LogP) is 2.50. The smallest absolute Gasteiger partial charge is 0.147 e. The fourth-order valence-electron chi connectivity index (χ4n) is 2.14. The van der Waals surface area contributed by atoms with Gasteiger partial charge >= 0.3 is 0 Å². The molecule has 0 saturated carbocycles. The summed E-state index contributed by atoms with van der Waals surface area (Å²) in [4.78, 5) is 0. The fraction of sp³-hybridized carbons (Fsp3) is 0.600. The van der Waals surface area contributed by atoms with Crippen molar-refractivity contribution in [3.05, 3.63) is 35.4 Å². The quantitative estimate of drug-likeness (QED) is 0.872. The highest BCUT2D eigenvalue weighted by atomic mass is 32.2. The standard InChI is InChI=1S/C15H25NO2S/c1-12-7-6-8-14(9-12)15(3,4)16-10-13(2)11-19(5,17)18/h6-9,13,16H,10-11H2,1-5H3. The zero-order chi connectivity index (χ0) is 14.7. The lowest BCUT2D eigenvalue weighted by atomic mass is 9.92. The lowest BCUT2D eigenvalue weighted by Gasteiger charge is -2.29. The molecule has 1 N–H and O–H groups in total. The SMILES string of the molecule is Cc1cccc(C(C)(C)NCC(C)CS(C)(=O)=O)c1. The maximum Gasteiger partial charge on any atom is 0.147 e. The van der Waals surface area contributed by atoms with Gasteiger partial charge in [-0.15, -0.1) is 0 Å². The fourth-order valence-corrected chi connectivity index (χ4v) is 3.29. The minimum absolute atomic E-state index is 0.110. The van der Waals surface area contributed by atoms with Crippen molar-refractivity contribution in [3.63, 3.8) is 0 Å². The van der Waals surface area contributed by atoms with E-state index in [1.54, 1.807) is 0 Å². The summed E-state index contributed by atoms with van der Waals surface area (Å²) in [5, 5.41) is 3.46. The van der Waals surface area contributed by atoms with E-state index in [9.17, 15) is 8.42 Å². The van der Waals surface area contributed by atoms with Crippen LogP contribution < -0.4 is 5.32 Å². The first-order chi connectivity index (χ1) is 8.60. The third-order valence-electron chi connectivity index (χ3n) is 3.22. The van der Waals surface area contributed by atoms with E-state index in [0.717, 1.165) is 0 Å². The second-order valence-corrected chi connectivity index (χ2v) is 8.26. The molecule has 0 bridgehead atoms. The Morgan fingerprint density at radius 1 is 1.32 bits per heavy atom. The molecular weight excluding hydrogens is 258 g/mol. The Balaban J connectivity index is 2.65. The average Bonchev–Trinajstić information content (AvgIpc) is 2.24. The summed E-state index contributed by atoms with van der Waals surface area (Å²) >= 11 is 0. The molecule has 0 amide bonds. The number of hydrogen-bond acceptors (Lipinski definition) is 3. The first-order valence-electron chi connectivity index (χ1n) is 6.60. The Labute approximate surface area is 117 Å². The van der Waals surface area contributed by atoms with Crippen LogP contribution in [0.2, 0.25) is 0 Å². The van der Waals surface area contributed by atoms with Gasteiger partial charge in [-0.3, -0.25) is 0 Å². The summed E-state index contributed by atoms with van der Waals surface area (Å²) in [6.07, 6.45) is 1.29. The van der Waals surface area contributed by atoms with E-state index < -0.39 is 9.84 Å². The second-order valence-electron chi connectivity index (χ2n) is 6.07. The molecule has 0 aliphatic rings. The van der Waals surface area contributed by atoms with E-state index >= 15 is 0 Å². The normalized spacial score (nSPS) is 14.4. The molecule has 0 aliphatic heterocycles. The average molecular weight is 283 g/mol. The molecule has 0 radical (unpaired) electrons. The van der Waals surface area contributed by atoms with Gasteiger partial charge in [0.15, 0.2) is 0 Å². The van der Waals surface area contributed by atoms with Crippen molar-refractivity contribution in [2.24, 2.45) is 5.92 Å². The van der Waals surface area contributed by atoms with Gasteiger partial charge in [-0.1, -0.05) is 36.8 Å². The van der Waals surface area contributed by atoms with Crippen LogP contribution in [0.25, 0.3) is 0 Å². The van der Waals surface area contributed by atoms with Crippen LogP contribution in [0.3, 0.4) is 0 Å². The minimum Gasteiger partial charge on any atom is -0.308 e. The molecule has 1 rings (SSSR count). The van der Waals surface area contributed by atoms with Crippen LogP contribution in [0.15, 0.2) is 24.3 Å². The molecular formula is C15H25NO2S. The van der Waals surface area contributed by atoms with Gasteiger partial charge in [0.1, 0.15) is 9.84 Å². The van der Waals surface area contributed by atoms with Crippen molar-refractivity contribution in [1.82, 2.24) is 5.32 Å². The molecule has 0 fully saturated rings. The van der Waals surface area contributed by atoms with Gasteiger partial charge in [-0.25, -0.2) is 8.42 Å². The third-order valence-corrected chi connectivity index (χ3v) is 4.39. The van der Waals surface area contributed by atoms with Crippen molar-refractivity contribution in [2.75, 3.05) is 18.6 Å². The number of sulfone groups is 1. The van der Waals surface area contributed by atoms with Gasteiger partial charge < -0.3 is 5.32 Å². The summed E-state index contributed by atoms with van der Waals surface area (Å²) in [6, 6.07) is 8.38. The second kappa shape index (κ2) is 6.06. The maximum absolute atomic E-state index is 11.3. The summed E-state index contributed by atoms with van der Waals surface area (Å²) in [6.45, 7) is 8.96. The molecule has 1 aromatic rings. The number of nitrogens with one attached hydrogen (secondary N) is 1. The number of benzene rings is 1. The van der Waals surface area contributed by atoms with Crippen LogP contribution >= 0.6 is 0 Å². The summed E-state index contributed by atoms with van der Waals surface area (Å²) in [5.74, 6) is 0.336. The van der Waals surface area contributed by atoms with E-state index in [2.05, 4.69) is 44.3 Å². The largest absolute Gasteiger partial charge is 0.308 e. The maximum atomic E-state index is 11.3. The zero-order valence-corrected chi connectivity index (χ0v) is 13.3. The van der Waals surface area contributed by atoms with Gasteiger partial charge in [0, 0.05) is 11.8 Å². The highest BCUT2D eigenvalue weighted by Gasteiger charge is 2.21. The highest BCUT2D eigenvalue weighted by Crippen LogP contribution is 2.21. The van der Waals surface area contributed by atoms with E-state index in [4.69, 9.17) is 0 Å². The van der Waals surface area contributed by atoms with Crippen LogP contribution in [-0.4, -0.2) is 27.0 Å². The monoisotopic (exact) mass is 283 g/mol. The van der Waals surface area contributed by atoms with Gasteiger partial charge in [-0.05, 0) is 38.8 Å². The third kappa shape index (κ3) is 5.74. The van der Waals surface area contributed by atoms with Gasteiger partial charge in [0.2, 0.25) is 0 Å². The minimum atomic E-state index is -2.90. The zero-order valence-electron chi connectivity index (χ0n) is 12.5. The van der Waals surface area contributed by atoms with Crippen molar-refractivity contribution < 1.29 is 8.42 Å². The molecule has 0 saturated heterocycles. The van der Waals surface area contributed by atoms with Crippen molar-refractivity contribution in [2.45, 2.75) is 33.2 Å². The highest BCUT2D eigenvalue weighted by molar-refractivity contribution is 7.90. The topological polar surface area (TPSA) is 46.2 Å². The first kappa shape index (κ1) is 16.2. The molecule has 0 heterocycles. The predicted molar refractivity (Wildman–Crippen MR) is 81.1 cm³/mol. The van der Waals surface area contributed by atoms with Crippen LogP contribution in [0.5, 0.6) is 0 Å². The van der Waals surface area contributed by atoms with E-state index in [1.807, 2.05) is 13.0 Å². The summed E-state index contributed by atoms with van der Waals surface area (Å²) in [7, 11) is -2.90. The van der Waals surface area contributed by atoms with Gasteiger partial charge in [-0.2, -0.15) is 0 Å². The molecule has 1 atom stereocenters. The molecule has 0 spiro atoms. The molecule has 0 aromatic heterocycles. The molecule has 1 unspecified atom stereocenters. The van der Waals surface area contributed by atoms with Crippen LogP contribution in [0, 0.1) is 12.8 Å². The van der Waals surface area contributed by atoms with E-state index in [0.29, 0.717) is 6.54 Å². The number of rotatable bonds is 6. The molecule has 108 valence electrons. The Morgan fingerprint density at radius 3 is 2.47 bits per heavy atom. The van der Waals surface area contributed by atoms with E-state index in [1.165, 1.54) is 17.4 Å². The first-order valence-corrected chi connectivity index (χ1v) is 8.66. The van der Waals surface area contributed by atoms with Crippen LogP contribution in [0.4, 0.5) is 0 Å². The lowest BCUT2D eigenvalue weighted by molar-refractivity contribution is 0.374. The van der Waals surface area contributed by atoms with Crippen molar-refractivity contribution >= 4 is 9.84 Å². The van der Waals surface area contributed by atoms with Crippen LogP contribution in [0.1, 0.15) is 31.9 Å². The molecule has 19 heavy (non-hydrogen) atoms. The van der Waals surface area contributed by atoms with Gasteiger partial charge in [0.05, 0.1) is 5.75 Å². The molecule has 3 nitrogen and oxygen atoms in total. The summed E-state index contributed by atoms with van der Waals surface area (Å²) in [5.41, 5.74) is 2.30.